The summed E-state index contributed by atoms with van der Waals surface area (Å²) in [5.41, 5.74) is 10.2. The monoisotopic (exact) mass is 402 g/mol. The molecule has 0 amide bonds. The van der Waals surface area contributed by atoms with Crippen molar-refractivity contribution in [2.75, 3.05) is 5.73 Å². The maximum Gasteiger partial charge on any atom is 0.330 e. The molecule has 2 aromatic heterocycles. The van der Waals surface area contributed by atoms with E-state index in [0.717, 1.165) is 21.5 Å². The quantitative estimate of drug-likeness (QED) is 0.521. The van der Waals surface area contributed by atoms with E-state index in [0.29, 0.717) is 16.6 Å². The number of nitrogens with zero attached hydrogens (tertiary/aromatic N) is 3. The molecule has 6 heteroatoms. The number of aromatic nitrogens is 3. The predicted molar refractivity (Wildman–Crippen MR) is 122 cm³/mol. The number of rotatable bonds is 2. The van der Waals surface area contributed by atoms with E-state index in [1.54, 1.807) is 7.05 Å². The summed E-state index contributed by atoms with van der Waals surface area (Å²) in [5.74, 6) is 0. The molecule has 0 fully saturated rings. The van der Waals surface area contributed by atoms with Crippen molar-refractivity contribution in [2.24, 2.45) is 14.1 Å². The molecule has 0 bridgehead atoms. The minimum Gasteiger partial charge on any atom is -0.399 e. The lowest BCUT2D eigenvalue weighted by molar-refractivity contribution is 0.590. The van der Waals surface area contributed by atoms with Gasteiger partial charge in [-0.3, -0.25) is 13.9 Å². The van der Waals surface area contributed by atoms with Crippen LogP contribution >= 0.6 is 0 Å². The SMILES string of the molecule is Cn1c(=O)c2c(-c3ccc(C(C)(C)C)cc3)n(-c3ccc(N)cc3)cc2n(C)c1=O. The van der Waals surface area contributed by atoms with Gasteiger partial charge in [-0.05, 0) is 40.8 Å². The van der Waals surface area contributed by atoms with Crippen LogP contribution in [0.1, 0.15) is 26.3 Å². The molecule has 2 heterocycles. The Hall–Kier alpha value is -3.54. The third-order valence-electron chi connectivity index (χ3n) is 5.63. The summed E-state index contributed by atoms with van der Waals surface area (Å²) < 4.78 is 4.62. The fourth-order valence-corrected chi connectivity index (χ4v) is 3.79. The first-order valence-corrected chi connectivity index (χ1v) is 9.87. The van der Waals surface area contributed by atoms with E-state index in [1.165, 1.54) is 17.2 Å². The van der Waals surface area contributed by atoms with Crippen LogP contribution in [0.15, 0.2) is 64.3 Å². The fraction of sp³-hybridized carbons (Fsp3) is 0.250. The normalized spacial score (nSPS) is 11.9. The highest BCUT2D eigenvalue weighted by atomic mass is 16.2. The predicted octanol–water partition coefficient (Wildman–Crippen LogP) is 3.57. The Kier molecular flexibility index (Phi) is 4.45. The number of fused-ring (bicyclic) bond motifs is 1. The zero-order valence-corrected chi connectivity index (χ0v) is 17.9. The van der Waals surface area contributed by atoms with Crippen LogP contribution in [-0.2, 0) is 19.5 Å². The van der Waals surface area contributed by atoms with Crippen molar-refractivity contribution in [1.29, 1.82) is 0 Å². The zero-order chi connectivity index (χ0) is 21.8. The van der Waals surface area contributed by atoms with Gasteiger partial charge in [0.1, 0.15) is 0 Å². The van der Waals surface area contributed by atoms with Crippen molar-refractivity contribution >= 4 is 16.6 Å². The maximum atomic E-state index is 13.1. The summed E-state index contributed by atoms with van der Waals surface area (Å²) in [7, 11) is 3.20. The van der Waals surface area contributed by atoms with Crippen LogP contribution in [0, 0.1) is 0 Å². The van der Waals surface area contributed by atoms with Crippen LogP contribution in [0.2, 0.25) is 0 Å². The maximum absolute atomic E-state index is 13.1. The Morgan fingerprint density at radius 1 is 0.833 bits per heavy atom. The van der Waals surface area contributed by atoms with Gasteiger partial charge in [-0.15, -0.1) is 0 Å². The molecule has 0 aliphatic carbocycles. The summed E-state index contributed by atoms with van der Waals surface area (Å²) in [6, 6.07) is 15.7. The molecule has 30 heavy (non-hydrogen) atoms. The Morgan fingerprint density at radius 2 is 1.43 bits per heavy atom. The zero-order valence-electron chi connectivity index (χ0n) is 17.9. The van der Waals surface area contributed by atoms with Crippen LogP contribution in [-0.4, -0.2) is 13.7 Å². The van der Waals surface area contributed by atoms with Gasteiger partial charge in [0.25, 0.3) is 5.56 Å². The lowest BCUT2D eigenvalue weighted by Gasteiger charge is -2.19. The van der Waals surface area contributed by atoms with Crippen molar-refractivity contribution in [2.45, 2.75) is 26.2 Å². The summed E-state index contributed by atoms with van der Waals surface area (Å²) >= 11 is 0. The third kappa shape index (κ3) is 3.05. The van der Waals surface area contributed by atoms with E-state index in [2.05, 4.69) is 32.9 Å². The largest absolute Gasteiger partial charge is 0.399 e. The molecule has 4 rings (SSSR count). The Labute approximate surface area is 174 Å². The van der Waals surface area contributed by atoms with Crippen LogP contribution in [0.5, 0.6) is 0 Å². The van der Waals surface area contributed by atoms with E-state index in [4.69, 9.17) is 5.73 Å². The van der Waals surface area contributed by atoms with Crippen LogP contribution in [0.4, 0.5) is 5.69 Å². The molecular weight excluding hydrogens is 376 g/mol. The standard InChI is InChI=1S/C24H26N4O2/c1-24(2,3)16-8-6-15(7-9-16)21-20-19(26(4)23(30)27(5)22(20)29)14-28(21)18-12-10-17(25)11-13-18/h6-14H,25H2,1-5H3. The summed E-state index contributed by atoms with van der Waals surface area (Å²) in [6.07, 6.45) is 1.84. The summed E-state index contributed by atoms with van der Waals surface area (Å²) in [4.78, 5) is 25.6. The van der Waals surface area contributed by atoms with Gasteiger partial charge in [-0.1, -0.05) is 45.0 Å². The van der Waals surface area contributed by atoms with Gasteiger partial charge in [0.2, 0.25) is 0 Å². The van der Waals surface area contributed by atoms with Crippen molar-refractivity contribution in [1.82, 2.24) is 13.7 Å². The number of anilines is 1. The van der Waals surface area contributed by atoms with Gasteiger partial charge >= 0.3 is 5.69 Å². The smallest absolute Gasteiger partial charge is 0.330 e. The molecule has 6 nitrogen and oxygen atoms in total. The second-order valence-corrected chi connectivity index (χ2v) is 8.73. The minimum absolute atomic E-state index is 0.0274. The van der Waals surface area contributed by atoms with Crippen LogP contribution in [0.25, 0.3) is 27.8 Å². The molecule has 0 saturated carbocycles. The van der Waals surface area contributed by atoms with E-state index in [-0.39, 0.29) is 16.7 Å². The molecule has 0 unspecified atom stereocenters. The number of hydrogen-bond donors (Lipinski definition) is 1. The van der Waals surface area contributed by atoms with E-state index >= 15 is 0 Å². The molecule has 154 valence electrons. The van der Waals surface area contributed by atoms with E-state index in [1.807, 2.05) is 47.2 Å². The van der Waals surface area contributed by atoms with Gasteiger partial charge in [-0.2, -0.15) is 0 Å². The van der Waals surface area contributed by atoms with Gasteiger partial charge in [0, 0.05) is 31.7 Å². The number of aryl methyl sites for hydroxylation is 1. The van der Waals surface area contributed by atoms with Crippen molar-refractivity contribution in [3.63, 3.8) is 0 Å². The summed E-state index contributed by atoms with van der Waals surface area (Å²) in [5, 5.41) is 0.514. The minimum atomic E-state index is -0.350. The third-order valence-corrected chi connectivity index (χ3v) is 5.63. The molecule has 0 aliphatic rings. The molecular formula is C24H26N4O2. The second-order valence-electron chi connectivity index (χ2n) is 8.73. The molecule has 2 N–H and O–H groups in total. The molecule has 2 aromatic carbocycles. The Morgan fingerprint density at radius 3 is 2.00 bits per heavy atom. The average Bonchev–Trinajstić information content (AvgIpc) is 3.11. The molecule has 0 spiro atoms. The Bertz CT molecular complexity index is 1360. The first kappa shape index (κ1) is 19.8. The van der Waals surface area contributed by atoms with Crippen LogP contribution in [0.3, 0.4) is 0 Å². The first-order chi connectivity index (χ1) is 14.1. The van der Waals surface area contributed by atoms with E-state index < -0.39 is 0 Å². The highest BCUT2D eigenvalue weighted by molar-refractivity contribution is 5.94. The van der Waals surface area contributed by atoms with Crippen molar-refractivity contribution in [3.05, 3.63) is 81.1 Å². The van der Waals surface area contributed by atoms with Crippen molar-refractivity contribution < 1.29 is 0 Å². The lowest BCUT2D eigenvalue weighted by atomic mass is 9.86. The molecule has 0 aliphatic heterocycles. The molecule has 4 aromatic rings. The van der Waals surface area contributed by atoms with Crippen LogP contribution < -0.4 is 17.0 Å². The lowest BCUT2D eigenvalue weighted by Crippen LogP contribution is -2.36. The molecule has 0 atom stereocenters. The Balaban J connectivity index is 2.10. The molecule has 0 saturated heterocycles. The first-order valence-electron chi connectivity index (χ1n) is 9.87. The van der Waals surface area contributed by atoms with Gasteiger partial charge in [0.15, 0.2) is 0 Å². The summed E-state index contributed by atoms with van der Waals surface area (Å²) in [6.45, 7) is 6.50. The number of nitrogens with two attached hydrogens (primary N) is 1. The fourth-order valence-electron chi connectivity index (χ4n) is 3.79. The molecule has 0 radical (unpaired) electrons. The highest BCUT2D eigenvalue weighted by Gasteiger charge is 2.21. The van der Waals surface area contributed by atoms with Gasteiger partial charge in [-0.25, -0.2) is 4.79 Å². The topological polar surface area (TPSA) is 75.0 Å². The second kappa shape index (κ2) is 6.76. The number of nitrogen functional groups attached to an aromatic ring is 1. The number of benzene rings is 2. The average molecular weight is 402 g/mol. The van der Waals surface area contributed by atoms with E-state index in [9.17, 15) is 9.59 Å². The van der Waals surface area contributed by atoms with Gasteiger partial charge in [0.05, 0.1) is 16.6 Å². The van der Waals surface area contributed by atoms with Gasteiger partial charge < -0.3 is 10.3 Å². The number of hydrogen-bond acceptors (Lipinski definition) is 3. The highest BCUT2D eigenvalue weighted by Crippen LogP contribution is 2.32. The van der Waals surface area contributed by atoms with Crippen molar-refractivity contribution in [3.8, 4) is 16.9 Å².